The number of carbonyl (C=O) groups is 5. The minimum Gasteiger partial charge on any atom is -0.467 e. The van der Waals surface area contributed by atoms with E-state index in [1.54, 1.807) is 26.0 Å². The molecule has 1 fully saturated rings. The average Bonchev–Trinajstić information content (AvgIpc) is 2.89. The fourth-order valence-electron chi connectivity index (χ4n) is 3.59. The molecule has 10 heteroatoms. The van der Waals surface area contributed by atoms with Crippen LogP contribution in [0.15, 0.2) is 24.3 Å². The summed E-state index contributed by atoms with van der Waals surface area (Å²) in [5, 5.41) is 0. The Bertz CT molecular complexity index is 888. The van der Waals surface area contributed by atoms with Crippen LogP contribution in [0.2, 0.25) is 0 Å². The molecule has 9 nitrogen and oxygen atoms in total. The smallest absolute Gasteiger partial charge is 0.330 e. The van der Waals surface area contributed by atoms with Gasteiger partial charge in [0.15, 0.2) is 6.04 Å². The van der Waals surface area contributed by atoms with Gasteiger partial charge in [-0.05, 0) is 26.0 Å². The van der Waals surface area contributed by atoms with Crippen molar-refractivity contribution in [1.82, 2.24) is 9.80 Å². The van der Waals surface area contributed by atoms with Gasteiger partial charge in [-0.25, -0.2) is 4.79 Å². The number of thiol groups is 1. The number of likely N-dealkylation sites (tertiary alicyclic amines) is 1. The van der Waals surface area contributed by atoms with Gasteiger partial charge in [0.05, 0.1) is 18.2 Å². The summed E-state index contributed by atoms with van der Waals surface area (Å²) in [7, 11) is 1.15. The van der Waals surface area contributed by atoms with E-state index in [0.29, 0.717) is 0 Å². The van der Waals surface area contributed by atoms with Gasteiger partial charge in [0.2, 0.25) is 6.23 Å². The van der Waals surface area contributed by atoms with Crippen molar-refractivity contribution in [3.8, 4) is 0 Å². The zero-order valence-corrected chi connectivity index (χ0v) is 17.1. The van der Waals surface area contributed by atoms with E-state index in [1.165, 1.54) is 12.1 Å². The lowest BCUT2D eigenvalue weighted by Gasteiger charge is -2.52. The molecule has 3 atom stereocenters. The lowest BCUT2D eigenvalue weighted by atomic mass is 9.92. The normalized spacial score (nSPS) is 22.2. The molecule has 0 spiro atoms. The molecule has 0 saturated carbocycles. The van der Waals surface area contributed by atoms with Gasteiger partial charge in [-0.1, -0.05) is 12.1 Å². The van der Waals surface area contributed by atoms with E-state index in [1.807, 2.05) is 0 Å². The molecule has 2 aliphatic rings. The third kappa shape index (κ3) is 3.27. The largest absolute Gasteiger partial charge is 0.467 e. The zero-order valence-electron chi connectivity index (χ0n) is 16.2. The van der Waals surface area contributed by atoms with Crippen LogP contribution < -0.4 is 0 Å². The number of carbonyl (C=O) groups excluding carboxylic acids is 5. The molecule has 0 radical (unpaired) electrons. The molecular formula is C19H20N2O7S. The summed E-state index contributed by atoms with van der Waals surface area (Å²) in [5.41, 5.74) is 0.314. The fourth-order valence-corrected chi connectivity index (χ4v) is 3.82. The standard InChI is InChI=1S/C19H20N2O7S/c1-9(22)28-17-12(16(25)21(17)13(18(26)27-4)19(2,3)29)20-14(23)10-7-5-6-8-11(10)15(20)24/h5-8,12-13,17,29H,1-4H3. The molecule has 0 bridgehead atoms. The molecule has 1 aromatic carbocycles. The second-order valence-corrected chi connectivity index (χ2v) is 8.45. The van der Waals surface area contributed by atoms with E-state index in [0.717, 1.165) is 23.8 Å². The van der Waals surface area contributed by atoms with Crippen molar-refractivity contribution in [2.75, 3.05) is 7.11 Å². The fraction of sp³-hybridized carbons (Fsp3) is 0.421. The van der Waals surface area contributed by atoms with Crippen LogP contribution in [0, 0.1) is 0 Å². The number of benzene rings is 1. The maximum absolute atomic E-state index is 13.0. The lowest BCUT2D eigenvalue weighted by Crippen LogP contribution is -2.77. The molecular weight excluding hydrogens is 400 g/mol. The summed E-state index contributed by atoms with van der Waals surface area (Å²) in [6, 6.07) is 3.57. The number of amides is 3. The number of fused-ring (bicyclic) bond motifs is 1. The van der Waals surface area contributed by atoms with Crippen LogP contribution in [0.3, 0.4) is 0 Å². The van der Waals surface area contributed by atoms with E-state index in [4.69, 9.17) is 9.47 Å². The molecule has 154 valence electrons. The highest BCUT2D eigenvalue weighted by Gasteiger charge is 2.63. The summed E-state index contributed by atoms with van der Waals surface area (Å²) in [5.74, 6) is -3.56. The van der Waals surface area contributed by atoms with Crippen molar-refractivity contribution >= 4 is 42.3 Å². The average molecular weight is 420 g/mol. The van der Waals surface area contributed by atoms with Gasteiger partial charge in [-0.15, -0.1) is 0 Å². The first-order valence-corrected chi connectivity index (χ1v) is 9.22. The Labute approximate surface area is 172 Å². The molecule has 29 heavy (non-hydrogen) atoms. The van der Waals surface area contributed by atoms with Gasteiger partial charge >= 0.3 is 11.9 Å². The van der Waals surface area contributed by atoms with Crippen molar-refractivity contribution in [3.63, 3.8) is 0 Å². The number of ether oxygens (including phenoxy) is 2. The first-order valence-electron chi connectivity index (χ1n) is 8.77. The van der Waals surface area contributed by atoms with Crippen molar-refractivity contribution in [2.24, 2.45) is 0 Å². The Hall–Kier alpha value is -2.88. The molecule has 1 saturated heterocycles. The highest BCUT2D eigenvalue weighted by atomic mass is 32.1. The number of methoxy groups -OCH3 is 1. The van der Waals surface area contributed by atoms with Crippen LogP contribution in [0.25, 0.3) is 0 Å². The minimum absolute atomic E-state index is 0.157. The molecule has 1 aromatic rings. The van der Waals surface area contributed by atoms with Crippen LogP contribution in [0.5, 0.6) is 0 Å². The first kappa shape index (κ1) is 20.8. The Kier molecular flexibility index (Phi) is 5.16. The Morgan fingerprint density at radius 2 is 1.62 bits per heavy atom. The van der Waals surface area contributed by atoms with Gasteiger partial charge in [-0.3, -0.25) is 29.0 Å². The van der Waals surface area contributed by atoms with Gasteiger partial charge < -0.3 is 9.47 Å². The molecule has 3 rings (SSSR count). The van der Waals surface area contributed by atoms with Crippen LogP contribution in [-0.4, -0.2) is 69.6 Å². The predicted molar refractivity (Wildman–Crippen MR) is 102 cm³/mol. The van der Waals surface area contributed by atoms with E-state index in [-0.39, 0.29) is 11.1 Å². The van der Waals surface area contributed by atoms with Crippen molar-refractivity contribution in [2.45, 2.75) is 43.8 Å². The molecule has 3 unspecified atom stereocenters. The van der Waals surface area contributed by atoms with Crippen molar-refractivity contribution in [3.05, 3.63) is 35.4 Å². The highest BCUT2D eigenvalue weighted by Crippen LogP contribution is 2.38. The Morgan fingerprint density at radius 3 is 2.03 bits per heavy atom. The highest BCUT2D eigenvalue weighted by molar-refractivity contribution is 7.81. The number of esters is 2. The van der Waals surface area contributed by atoms with E-state index in [2.05, 4.69) is 12.6 Å². The quantitative estimate of drug-likeness (QED) is 0.322. The summed E-state index contributed by atoms with van der Waals surface area (Å²) < 4.78 is 8.96. The van der Waals surface area contributed by atoms with Gasteiger partial charge in [0, 0.05) is 11.7 Å². The summed E-state index contributed by atoms with van der Waals surface area (Å²) in [4.78, 5) is 64.4. The second kappa shape index (κ2) is 7.18. The van der Waals surface area contributed by atoms with Crippen molar-refractivity contribution in [1.29, 1.82) is 0 Å². The van der Waals surface area contributed by atoms with Crippen LogP contribution in [-0.2, 0) is 23.9 Å². The minimum atomic E-state index is -1.38. The van der Waals surface area contributed by atoms with E-state index >= 15 is 0 Å². The first-order chi connectivity index (χ1) is 13.5. The molecule has 2 aliphatic heterocycles. The van der Waals surface area contributed by atoms with Gasteiger partial charge in [-0.2, -0.15) is 12.6 Å². The number of rotatable bonds is 5. The number of β-lactam (4-membered cyclic amide) rings is 1. The van der Waals surface area contributed by atoms with Gasteiger partial charge in [0.1, 0.15) is 6.04 Å². The van der Waals surface area contributed by atoms with E-state index in [9.17, 15) is 24.0 Å². The predicted octanol–water partition coefficient (Wildman–Crippen LogP) is 0.633. The second-order valence-electron chi connectivity index (χ2n) is 7.30. The third-order valence-electron chi connectivity index (χ3n) is 4.81. The molecule has 0 aromatic heterocycles. The molecule has 2 heterocycles. The molecule has 0 N–H and O–H groups in total. The van der Waals surface area contributed by atoms with Gasteiger partial charge in [0.25, 0.3) is 17.7 Å². The Morgan fingerprint density at radius 1 is 1.10 bits per heavy atom. The maximum Gasteiger partial charge on any atom is 0.330 e. The van der Waals surface area contributed by atoms with Crippen LogP contribution in [0.4, 0.5) is 0 Å². The summed E-state index contributed by atoms with van der Waals surface area (Å²) in [6.07, 6.45) is -1.34. The monoisotopic (exact) mass is 420 g/mol. The summed E-state index contributed by atoms with van der Waals surface area (Å²) >= 11 is 4.37. The number of nitrogens with zero attached hydrogens (tertiary/aromatic N) is 2. The lowest BCUT2D eigenvalue weighted by molar-refractivity contribution is -0.207. The molecule has 0 aliphatic carbocycles. The topological polar surface area (TPSA) is 110 Å². The zero-order chi connectivity index (χ0) is 21.7. The van der Waals surface area contributed by atoms with Crippen molar-refractivity contribution < 1.29 is 33.4 Å². The number of imide groups is 1. The Balaban J connectivity index is 2.00. The number of hydrogen-bond donors (Lipinski definition) is 1. The molecule has 3 amide bonds. The maximum atomic E-state index is 13.0. The van der Waals surface area contributed by atoms with Crippen LogP contribution >= 0.6 is 12.6 Å². The van der Waals surface area contributed by atoms with E-state index < -0.39 is 52.7 Å². The third-order valence-corrected chi connectivity index (χ3v) is 5.06. The SMILES string of the molecule is COC(=O)C(N1C(=O)C(N2C(=O)c3ccccc3C2=O)C1OC(C)=O)C(C)(C)S. The summed E-state index contributed by atoms with van der Waals surface area (Å²) in [6.45, 7) is 4.30. The number of hydrogen-bond acceptors (Lipinski definition) is 8. The van der Waals surface area contributed by atoms with Crippen LogP contribution in [0.1, 0.15) is 41.5 Å².